The van der Waals surface area contributed by atoms with Crippen LogP contribution in [0.1, 0.15) is 35.4 Å². The van der Waals surface area contributed by atoms with Gasteiger partial charge in [0.1, 0.15) is 16.4 Å². The molecule has 1 atom stereocenters. The van der Waals surface area contributed by atoms with Crippen LogP contribution in [0.15, 0.2) is 27.6 Å². The minimum absolute atomic E-state index is 0.0492. The highest BCUT2D eigenvalue weighted by atomic mass is 32.2. The molecule has 0 aliphatic carbocycles. The molecule has 0 bridgehead atoms. The van der Waals surface area contributed by atoms with Crippen LogP contribution in [0.4, 0.5) is 0 Å². The molecule has 0 unspecified atom stereocenters. The van der Waals surface area contributed by atoms with Gasteiger partial charge in [0.25, 0.3) is 0 Å². The summed E-state index contributed by atoms with van der Waals surface area (Å²) >= 11 is 0. The van der Waals surface area contributed by atoms with Crippen molar-refractivity contribution in [3.8, 4) is 5.75 Å². The van der Waals surface area contributed by atoms with Gasteiger partial charge in [0.15, 0.2) is 0 Å². The van der Waals surface area contributed by atoms with E-state index < -0.39 is 10.0 Å². The molecule has 0 spiro atoms. The summed E-state index contributed by atoms with van der Waals surface area (Å²) in [4.78, 5) is 0.144. The standard InChI is InChI=1S/C16H22N2O4S/c1-10-6-7-14(21-5)15(8-10)23(19,20)17-9-11(2)16-12(3)18-22-13(16)4/h6-8,11,17H,9H2,1-5H3/t11-/m1/s1. The number of aromatic nitrogens is 1. The minimum Gasteiger partial charge on any atom is -0.495 e. The zero-order valence-corrected chi connectivity index (χ0v) is 14.8. The molecule has 7 heteroatoms. The van der Waals surface area contributed by atoms with Crippen LogP contribution in [-0.2, 0) is 10.0 Å². The van der Waals surface area contributed by atoms with Gasteiger partial charge in [-0.15, -0.1) is 0 Å². The first kappa shape index (κ1) is 17.5. The van der Waals surface area contributed by atoms with Gasteiger partial charge in [-0.1, -0.05) is 18.1 Å². The lowest BCUT2D eigenvalue weighted by atomic mass is 10.0. The number of hydrogen-bond donors (Lipinski definition) is 1. The van der Waals surface area contributed by atoms with Crippen molar-refractivity contribution in [3.05, 3.63) is 40.8 Å². The SMILES string of the molecule is COc1ccc(C)cc1S(=O)(=O)NC[C@@H](C)c1c(C)noc1C. The highest BCUT2D eigenvalue weighted by molar-refractivity contribution is 7.89. The summed E-state index contributed by atoms with van der Waals surface area (Å²) in [5.74, 6) is 0.988. The first-order chi connectivity index (χ1) is 10.8. The van der Waals surface area contributed by atoms with Crippen LogP contribution >= 0.6 is 0 Å². The Morgan fingerprint density at radius 1 is 1.30 bits per heavy atom. The molecule has 2 rings (SSSR count). The Morgan fingerprint density at radius 3 is 2.57 bits per heavy atom. The van der Waals surface area contributed by atoms with Gasteiger partial charge in [-0.05, 0) is 44.4 Å². The Balaban J connectivity index is 2.21. The number of hydrogen-bond acceptors (Lipinski definition) is 5. The Labute approximate surface area is 136 Å². The van der Waals surface area contributed by atoms with Crippen molar-refractivity contribution in [1.29, 1.82) is 0 Å². The monoisotopic (exact) mass is 338 g/mol. The van der Waals surface area contributed by atoms with E-state index in [-0.39, 0.29) is 17.4 Å². The lowest BCUT2D eigenvalue weighted by molar-refractivity contribution is 0.391. The quantitative estimate of drug-likeness (QED) is 0.876. The Kier molecular flexibility index (Phi) is 5.11. The van der Waals surface area contributed by atoms with E-state index in [1.54, 1.807) is 12.1 Å². The van der Waals surface area contributed by atoms with E-state index in [9.17, 15) is 8.42 Å². The second-order valence-electron chi connectivity index (χ2n) is 5.65. The summed E-state index contributed by atoms with van der Waals surface area (Å²) in [6.07, 6.45) is 0. The molecule has 1 aromatic heterocycles. The fourth-order valence-electron chi connectivity index (χ4n) is 2.60. The molecular formula is C16H22N2O4S. The molecule has 1 N–H and O–H groups in total. The van der Waals surface area contributed by atoms with Crippen LogP contribution in [0.3, 0.4) is 0 Å². The van der Waals surface area contributed by atoms with E-state index in [2.05, 4.69) is 9.88 Å². The normalized spacial score (nSPS) is 13.1. The first-order valence-corrected chi connectivity index (χ1v) is 8.81. The summed E-state index contributed by atoms with van der Waals surface area (Å²) in [5, 5.41) is 3.91. The summed E-state index contributed by atoms with van der Waals surface area (Å²) in [6.45, 7) is 7.69. The van der Waals surface area contributed by atoms with Crippen molar-refractivity contribution in [3.63, 3.8) is 0 Å². The van der Waals surface area contributed by atoms with Gasteiger partial charge in [0.05, 0.1) is 12.8 Å². The van der Waals surface area contributed by atoms with Gasteiger partial charge in [0, 0.05) is 12.1 Å². The fourth-order valence-corrected chi connectivity index (χ4v) is 3.98. The van der Waals surface area contributed by atoms with Gasteiger partial charge in [0.2, 0.25) is 10.0 Å². The number of nitrogens with one attached hydrogen (secondary N) is 1. The number of benzene rings is 1. The van der Waals surface area contributed by atoms with Crippen molar-refractivity contribution in [2.45, 2.75) is 38.5 Å². The molecule has 6 nitrogen and oxygen atoms in total. The zero-order chi connectivity index (χ0) is 17.2. The molecule has 0 radical (unpaired) electrons. The minimum atomic E-state index is -3.66. The van der Waals surface area contributed by atoms with Gasteiger partial charge < -0.3 is 9.26 Å². The van der Waals surface area contributed by atoms with Crippen LogP contribution < -0.4 is 9.46 Å². The highest BCUT2D eigenvalue weighted by Crippen LogP contribution is 2.26. The molecule has 2 aromatic rings. The highest BCUT2D eigenvalue weighted by Gasteiger charge is 2.22. The molecular weight excluding hydrogens is 316 g/mol. The average molecular weight is 338 g/mol. The van der Waals surface area contributed by atoms with Crippen LogP contribution in [-0.4, -0.2) is 27.2 Å². The maximum absolute atomic E-state index is 12.6. The second kappa shape index (κ2) is 6.72. The molecule has 0 aliphatic rings. The summed E-state index contributed by atoms with van der Waals surface area (Å²) < 4.78 is 38.1. The lowest BCUT2D eigenvalue weighted by Gasteiger charge is -2.15. The van der Waals surface area contributed by atoms with Crippen molar-refractivity contribution >= 4 is 10.0 Å². The van der Waals surface area contributed by atoms with E-state index in [1.165, 1.54) is 7.11 Å². The molecule has 1 heterocycles. The van der Waals surface area contributed by atoms with Crippen LogP contribution in [0.2, 0.25) is 0 Å². The van der Waals surface area contributed by atoms with Crippen molar-refractivity contribution < 1.29 is 17.7 Å². The van der Waals surface area contributed by atoms with Gasteiger partial charge in [-0.2, -0.15) is 0 Å². The van der Waals surface area contributed by atoms with Crippen LogP contribution in [0, 0.1) is 20.8 Å². The van der Waals surface area contributed by atoms with Gasteiger partial charge >= 0.3 is 0 Å². The zero-order valence-electron chi connectivity index (χ0n) is 14.0. The van der Waals surface area contributed by atoms with Gasteiger partial charge in [-0.3, -0.25) is 0 Å². The van der Waals surface area contributed by atoms with E-state index in [1.807, 2.05) is 33.8 Å². The van der Waals surface area contributed by atoms with Crippen molar-refractivity contribution in [1.82, 2.24) is 9.88 Å². The molecule has 23 heavy (non-hydrogen) atoms. The van der Waals surface area contributed by atoms with Crippen LogP contribution in [0.5, 0.6) is 5.75 Å². The number of aryl methyl sites for hydroxylation is 3. The van der Waals surface area contributed by atoms with E-state index in [4.69, 9.17) is 9.26 Å². The summed E-state index contributed by atoms with van der Waals surface area (Å²) in [7, 11) is -2.21. The van der Waals surface area contributed by atoms with Gasteiger partial charge in [-0.25, -0.2) is 13.1 Å². The third-order valence-corrected chi connectivity index (χ3v) is 5.21. The third-order valence-electron chi connectivity index (χ3n) is 3.77. The predicted octanol–water partition coefficient (Wildman–Crippen LogP) is 2.69. The Morgan fingerprint density at radius 2 is 2.00 bits per heavy atom. The maximum atomic E-state index is 12.6. The molecule has 0 saturated heterocycles. The number of nitrogens with zero attached hydrogens (tertiary/aromatic N) is 1. The molecule has 126 valence electrons. The summed E-state index contributed by atoms with van der Waals surface area (Å²) in [6, 6.07) is 5.06. The third kappa shape index (κ3) is 3.73. The molecule has 1 aromatic carbocycles. The van der Waals surface area contributed by atoms with E-state index in [0.717, 1.165) is 16.8 Å². The number of ether oxygens (including phenoxy) is 1. The summed E-state index contributed by atoms with van der Waals surface area (Å²) in [5.41, 5.74) is 2.57. The van der Waals surface area contributed by atoms with E-state index in [0.29, 0.717) is 11.5 Å². The predicted molar refractivity (Wildman–Crippen MR) is 87.3 cm³/mol. The molecule has 0 amide bonds. The molecule has 0 saturated carbocycles. The lowest BCUT2D eigenvalue weighted by Crippen LogP contribution is -2.28. The maximum Gasteiger partial charge on any atom is 0.244 e. The average Bonchev–Trinajstić information content (AvgIpc) is 2.84. The van der Waals surface area contributed by atoms with Crippen molar-refractivity contribution in [2.75, 3.05) is 13.7 Å². The number of sulfonamides is 1. The number of rotatable bonds is 6. The van der Waals surface area contributed by atoms with E-state index >= 15 is 0 Å². The number of methoxy groups -OCH3 is 1. The van der Waals surface area contributed by atoms with Crippen molar-refractivity contribution in [2.24, 2.45) is 0 Å². The smallest absolute Gasteiger partial charge is 0.244 e. The first-order valence-electron chi connectivity index (χ1n) is 7.33. The second-order valence-corrected chi connectivity index (χ2v) is 7.38. The Hall–Kier alpha value is -1.86. The Bertz CT molecular complexity index is 777. The largest absolute Gasteiger partial charge is 0.495 e. The van der Waals surface area contributed by atoms with Crippen LogP contribution in [0.25, 0.3) is 0 Å². The molecule has 0 fully saturated rings. The fraction of sp³-hybridized carbons (Fsp3) is 0.438. The molecule has 0 aliphatic heterocycles. The topological polar surface area (TPSA) is 81.4 Å².